The summed E-state index contributed by atoms with van der Waals surface area (Å²) in [5.74, 6) is 0. The van der Waals surface area contributed by atoms with E-state index in [2.05, 4.69) is 15.1 Å². The Morgan fingerprint density at radius 3 is 2.47 bits per heavy atom. The molecule has 1 saturated heterocycles. The summed E-state index contributed by atoms with van der Waals surface area (Å²) in [4.78, 5) is 4.10. The van der Waals surface area contributed by atoms with Crippen LogP contribution in [0, 0.1) is 0 Å². The van der Waals surface area contributed by atoms with Crippen molar-refractivity contribution in [3.8, 4) is 0 Å². The summed E-state index contributed by atoms with van der Waals surface area (Å²) >= 11 is 11.8. The molecule has 0 amide bonds. The molecule has 1 fully saturated rings. The summed E-state index contributed by atoms with van der Waals surface area (Å²) in [5, 5.41) is 17.6. The average Bonchev–Trinajstić information content (AvgIpc) is 2.32. The average molecular weight is 277 g/mol. The fourth-order valence-electron chi connectivity index (χ4n) is 1.90. The number of aromatic nitrogens is 2. The summed E-state index contributed by atoms with van der Waals surface area (Å²) in [6.07, 6.45) is -0.410. The topological polar surface area (TPSA) is 52.5 Å². The van der Waals surface area contributed by atoms with Gasteiger partial charge in [0.15, 0.2) is 10.3 Å². The summed E-state index contributed by atoms with van der Waals surface area (Å²) in [6, 6.07) is 1.72. The molecule has 1 atom stereocenters. The summed E-state index contributed by atoms with van der Waals surface area (Å²) in [6.45, 7) is 4.91. The number of piperazine rings is 1. The van der Waals surface area contributed by atoms with E-state index < -0.39 is 6.23 Å². The predicted octanol–water partition coefficient (Wildman–Crippen LogP) is 1.24. The Bertz CT molecular complexity index is 394. The lowest BCUT2D eigenvalue weighted by atomic mass is 10.3. The van der Waals surface area contributed by atoms with Crippen LogP contribution in [-0.4, -0.2) is 52.6 Å². The second-order valence-electron chi connectivity index (χ2n) is 4.00. The van der Waals surface area contributed by atoms with E-state index in [4.69, 9.17) is 23.2 Å². The lowest BCUT2D eigenvalue weighted by molar-refractivity contribution is 0.0153. The maximum absolute atomic E-state index is 9.47. The van der Waals surface area contributed by atoms with Gasteiger partial charge in [0.05, 0.1) is 5.69 Å². The minimum Gasteiger partial charge on any atom is -0.379 e. The van der Waals surface area contributed by atoms with E-state index >= 15 is 0 Å². The quantitative estimate of drug-likeness (QED) is 0.881. The summed E-state index contributed by atoms with van der Waals surface area (Å²) in [5.41, 5.74) is 0.803. The van der Waals surface area contributed by atoms with Crippen molar-refractivity contribution >= 4 is 28.9 Å². The number of hydrogen-bond acceptors (Lipinski definition) is 5. The molecule has 2 rings (SSSR count). The van der Waals surface area contributed by atoms with Crippen LogP contribution in [-0.2, 0) is 0 Å². The molecule has 1 aromatic heterocycles. The van der Waals surface area contributed by atoms with Gasteiger partial charge in [0.2, 0.25) is 0 Å². The van der Waals surface area contributed by atoms with E-state index in [1.54, 1.807) is 13.0 Å². The number of aliphatic hydroxyl groups excluding tert-OH is 1. The predicted molar refractivity (Wildman–Crippen MR) is 67.5 cm³/mol. The molecule has 1 aliphatic heterocycles. The molecule has 0 aromatic carbocycles. The van der Waals surface area contributed by atoms with Crippen LogP contribution in [0.2, 0.25) is 10.3 Å². The lowest BCUT2D eigenvalue weighted by Crippen LogP contribution is -2.49. The fourth-order valence-corrected chi connectivity index (χ4v) is 2.26. The van der Waals surface area contributed by atoms with Crippen LogP contribution >= 0.6 is 23.2 Å². The van der Waals surface area contributed by atoms with Crippen molar-refractivity contribution in [2.75, 3.05) is 31.1 Å². The van der Waals surface area contributed by atoms with Crippen LogP contribution in [0.1, 0.15) is 6.92 Å². The molecule has 94 valence electrons. The molecule has 7 heteroatoms. The summed E-state index contributed by atoms with van der Waals surface area (Å²) in [7, 11) is 0. The second-order valence-corrected chi connectivity index (χ2v) is 4.74. The van der Waals surface area contributed by atoms with E-state index in [1.807, 2.05) is 4.90 Å². The molecule has 1 aliphatic rings. The van der Waals surface area contributed by atoms with Gasteiger partial charge < -0.3 is 10.0 Å². The number of nitrogens with zero attached hydrogens (tertiary/aromatic N) is 4. The highest BCUT2D eigenvalue weighted by Crippen LogP contribution is 2.26. The molecule has 0 bridgehead atoms. The molecular weight excluding hydrogens is 263 g/mol. The molecule has 1 N–H and O–H groups in total. The van der Waals surface area contributed by atoms with Gasteiger partial charge in [-0.3, -0.25) is 4.90 Å². The number of anilines is 1. The monoisotopic (exact) mass is 276 g/mol. The SMILES string of the molecule is CC(O)N1CCN(c2cc(Cl)nnc2Cl)CC1. The molecule has 0 radical (unpaired) electrons. The Morgan fingerprint density at radius 2 is 1.88 bits per heavy atom. The first-order valence-corrected chi connectivity index (χ1v) is 6.19. The standard InChI is InChI=1S/C10H14Cl2N4O/c1-7(17)15-2-4-16(5-3-15)8-6-9(11)13-14-10(8)12/h6-7,17H,2-5H2,1H3. The molecule has 0 saturated carbocycles. The number of hydrogen-bond donors (Lipinski definition) is 1. The van der Waals surface area contributed by atoms with Gasteiger partial charge in [-0.05, 0) is 6.92 Å². The molecule has 0 spiro atoms. The van der Waals surface area contributed by atoms with E-state index in [0.29, 0.717) is 10.3 Å². The third-order valence-electron chi connectivity index (χ3n) is 2.88. The molecule has 1 aromatic rings. The molecular formula is C10H14Cl2N4O. The van der Waals surface area contributed by atoms with Gasteiger partial charge in [0.1, 0.15) is 6.23 Å². The molecule has 2 heterocycles. The Hall–Kier alpha value is -0.620. The highest BCUT2D eigenvalue weighted by atomic mass is 35.5. The molecule has 5 nitrogen and oxygen atoms in total. The van der Waals surface area contributed by atoms with Gasteiger partial charge in [-0.15, -0.1) is 10.2 Å². The van der Waals surface area contributed by atoms with Crippen LogP contribution in [0.4, 0.5) is 5.69 Å². The van der Waals surface area contributed by atoms with Gasteiger partial charge in [-0.2, -0.15) is 0 Å². The fraction of sp³-hybridized carbons (Fsp3) is 0.600. The largest absolute Gasteiger partial charge is 0.379 e. The highest BCUT2D eigenvalue weighted by Gasteiger charge is 2.21. The van der Waals surface area contributed by atoms with Gasteiger partial charge in [-0.25, -0.2) is 0 Å². The second kappa shape index (κ2) is 5.35. The Morgan fingerprint density at radius 1 is 1.24 bits per heavy atom. The Balaban J connectivity index is 2.07. The smallest absolute Gasteiger partial charge is 0.175 e. The van der Waals surface area contributed by atoms with Crippen LogP contribution in [0.15, 0.2) is 6.07 Å². The van der Waals surface area contributed by atoms with Crippen LogP contribution in [0.5, 0.6) is 0 Å². The first kappa shape index (κ1) is 12.8. The van der Waals surface area contributed by atoms with Crippen LogP contribution in [0.3, 0.4) is 0 Å². The van der Waals surface area contributed by atoms with Crippen molar-refractivity contribution in [3.05, 3.63) is 16.4 Å². The van der Waals surface area contributed by atoms with Crippen LogP contribution < -0.4 is 4.90 Å². The van der Waals surface area contributed by atoms with Crippen molar-refractivity contribution in [1.29, 1.82) is 0 Å². The first-order valence-electron chi connectivity index (χ1n) is 5.43. The minimum atomic E-state index is -0.410. The van der Waals surface area contributed by atoms with E-state index in [1.165, 1.54) is 0 Å². The summed E-state index contributed by atoms with van der Waals surface area (Å²) < 4.78 is 0. The molecule has 17 heavy (non-hydrogen) atoms. The number of rotatable bonds is 2. The zero-order valence-corrected chi connectivity index (χ0v) is 11.0. The van der Waals surface area contributed by atoms with Gasteiger partial charge in [0, 0.05) is 32.2 Å². The van der Waals surface area contributed by atoms with Crippen molar-refractivity contribution in [3.63, 3.8) is 0 Å². The number of halogens is 2. The van der Waals surface area contributed by atoms with Crippen molar-refractivity contribution in [2.45, 2.75) is 13.2 Å². The minimum absolute atomic E-state index is 0.336. The third kappa shape index (κ3) is 2.98. The zero-order chi connectivity index (χ0) is 12.4. The molecule has 1 unspecified atom stereocenters. The Labute approximate surface area is 110 Å². The van der Waals surface area contributed by atoms with E-state index in [9.17, 15) is 5.11 Å². The van der Waals surface area contributed by atoms with E-state index in [-0.39, 0.29) is 0 Å². The zero-order valence-electron chi connectivity index (χ0n) is 9.48. The third-order valence-corrected chi connectivity index (χ3v) is 3.34. The van der Waals surface area contributed by atoms with E-state index in [0.717, 1.165) is 31.9 Å². The maximum Gasteiger partial charge on any atom is 0.175 e. The van der Waals surface area contributed by atoms with Gasteiger partial charge >= 0.3 is 0 Å². The first-order chi connectivity index (χ1) is 8.08. The van der Waals surface area contributed by atoms with Crippen molar-refractivity contribution in [1.82, 2.24) is 15.1 Å². The maximum atomic E-state index is 9.47. The van der Waals surface area contributed by atoms with Crippen LogP contribution in [0.25, 0.3) is 0 Å². The van der Waals surface area contributed by atoms with Crippen molar-refractivity contribution < 1.29 is 5.11 Å². The van der Waals surface area contributed by atoms with Gasteiger partial charge in [0.25, 0.3) is 0 Å². The Kier molecular flexibility index (Phi) is 4.04. The number of aliphatic hydroxyl groups is 1. The molecule has 0 aliphatic carbocycles. The highest BCUT2D eigenvalue weighted by molar-refractivity contribution is 6.33. The van der Waals surface area contributed by atoms with Crippen molar-refractivity contribution in [2.24, 2.45) is 0 Å². The van der Waals surface area contributed by atoms with Gasteiger partial charge in [-0.1, -0.05) is 23.2 Å². The lowest BCUT2D eigenvalue weighted by Gasteiger charge is -2.37. The normalized spacial score (nSPS) is 19.4.